The van der Waals surface area contributed by atoms with E-state index in [1.165, 1.54) is 36.4 Å². The fraction of sp³-hybridized carbons (Fsp3) is 0.625. The number of nitrogens with one attached hydrogen (secondary N) is 1. The van der Waals surface area contributed by atoms with Crippen molar-refractivity contribution in [2.75, 3.05) is 26.0 Å². The Labute approximate surface area is 128 Å². The van der Waals surface area contributed by atoms with Gasteiger partial charge in [-0.3, -0.25) is 0 Å². The van der Waals surface area contributed by atoms with Gasteiger partial charge in [0.2, 0.25) is 10.0 Å². The second-order valence-electron chi connectivity index (χ2n) is 6.00. The molecule has 0 saturated heterocycles. The Morgan fingerprint density at radius 3 is 2.48 bits per heavy atom. The molecule has 0 atom stereocenters. The number of nitrogens with zero attached hydrogens (tertiary/aromatic N) is 1. The van der Waals surface area contributed by atoms with Crippen LogP contribution in [0.25, 0.3) is 0 Å². The van der Waals surface area contributed by atoms with E-state index in [0.29, 0.717) is 10.6 Å². The van der Waals surface area contributed by atoms with E-state index in [9.17, 15) is 8.42 Å². The molecule has 0 aromatic heterocycles. The summed E-state index contributed by atoms with van der Waals surface area (Å²) in [6, 6.07) is 7.15. The number of para-hydroxylation sites is 1. The summed E-state index contributed by atoms with van der Waals surface area (Å²) in [7, 11) is -0.265. The van der Waals surface area contributed by atoms with Crippen LogP contribution in [0.2, 0.25) is 0 Å². The predicted octanol–water partition coefficient (Wildman–Crippen LogP) is 3.32. The zero-order valence-electron chi connectivity index (χ0n) is 13.0. The first-order valence-corrected chi connectivity index (χ1v) is 9.21. The summed E-state index contributed by atoms with van der Waals surface area (Å²) in [6.07, 6.45) is 7.81. The highest BCUT2D eigenvalue weighted by Crippen LogP contribution is 2.27. The molecule has 1 aliphatic carbocycles. The molecule has 0 spiro atoms. The number of hydrogen-bond acceptors (Lipinski definition) is 3. The molecule has 1 aliphatic rings. The van der Waals surface area contributed by atoms with Crippen LogP contribution in [0.15, 0.2) is 29.2 Å². The van der Waals surface area contributed by atoms with Crippen LogP contribution in [-0.2, 0) is 10.0 Å². The third-order valence-corrected chi connectivity index (χ3v) is 6.11. The van der Waals surface area contributed by atoms with Gasteiger partial charge in [0, 0.05) is 20.6 Å². The summed E-state index contributed by atoms with van der Waals surface area (Å²) < 4.78 is 25.9. The molecule has 0 aliphatic heterocycles. The number of hydrogen-bond donors (Lipinski definition) is 1. The van der Waals surface area contributed by atoms with E-state index in [0.717, 1.165) is 18.9 Å². The van der Waals surface area contributed by atoms with Crippen LogP contribution in [0.3, 0.4) is 0 Å². The van der Waals surface area contributed by atoms with E-state index in [-0.39, 0.29) is 0 Å². The van der Waals surface area contributed by atoms with Crippen molar-refractivity contribution in [1.82, 2.24) is 4.31 Å². The average molecular weight is 310 g/mol. The fourth-order valence-corrected chi connectivity index (χ4v) is 3.98. The summed E-state index contributed by atoms with van der Waals surface area (Å²) in [5.74, 6) is 0.795. The zero-order chi connectivity index (χ0) is 15.3. The van der Waals surface area contributed by atoms with Crippen LogP contribution >= 0.6 is 0 Å². The van der Waals surface area contributed by atoms with Gasteiger partial charge in [0.15, 0.2) is 0 Å². The van der Waals surface area contributed by atoms with E-state index < -0.39 is 10.0 Å². The third kappa shape index (κ3) is 4.20. The van der Waals surface area contributed by atoms with Gasteiger partial charge in [-0.2, -0.15) is 0 Å². The molecule has 1 aromatic rings. The lowest BCUT2D eigenvalue weighted by Crippen LogP contribution is -2.23. The van der Waals surface area contributed by atoms with Crippen LogP contribution in [-0.4, -0.2) is 33.4 Å². The van der Waals surface area contributed by atoms with Crippen molar-refractivity contribution in [3.8, 4) is 0 Å². The van der Waals surface area contributed by atoms with Gasteiger partial charge < -0.3 is 5.32 Å². The summed E-state index contributed by atoms with van der Waals surface area (Å²) in [5, 5.41) is 3.32. The first kappa shape index (κ1) is 16.3. The molecule has 1 saturated carbocycles. The van der Waals surface area contributed by atoms with Crippen molar-refractivity contribution in [3.05, 3.63) is 24.3 Å². The lowest BCUT2D eigenvalue weighted by Gasteiger charge is -2.22. The molecule has 0 amide bonds. The first-order valence-electron chi connectivity index (χ1n) is 7.77. The van der Waals surface area contributed by atoms with Gasteiger partial charge in [-0.15, -0.1) is 0 Å². The normalized spacial score (nSPS) is 17.1. The van der Waals surface area contributed by atoms with E-state index in [1.807, 2.05) is 12.1 Å². The first-order chi connectivity index (χ1) is 10.0. The van der Waals surface area contributed by atoms with Gasteiger partial charge in [-0.1, -0.05) is 44.2 Å². The van der Waals surface area contributed by atoms with Gasteiger partial charge in [0.25, 0.3) is 0 Å². The van der Waals surface area contributed by atoms with Crippen LogP contribution in [0.4, 0.5) is 5.69 Å². The van der Waals surface area contributed by atoms with Gasteiger partial charge in [0.1, 0.15) is 4.90 Å². The van der Waals surface area contributed by atoms with Crippen LogP contribution in [0, 0.1) is 5.92 Å². The Hall–Kier alpha value is -1.07. The quantitative estimate of drug-likeness (QED) is 0.877. The second-order valence-corrected chi connectivity index (χ2v) is 8.12. The minimum absolute atomic E-state index is 0.360. The van der Waals surface area contributed by atoms with Crippen LogP contribution < -0.4 is 5.32 Å². The van der Waals surface area contributed by atoms with Crippen molar-refractivity contribution in [1.29, 1.82) is 0 Å². The Bertz CT molecular complexity index is 549. The number of benzene rings is 1. The van der Waals surface area contributed by atoms with E-state index in [4.69, 9.17) is 0 Å². The Morgan fingerprint density at radius 2 is 1.81 bits per heavy atom. The molecule has 0 unspecified atom stereocenters. The van der Waals surface area contributed by atoms with Crippen molar-refractivity contribution < 1.29 is 8.42 Å². The Kier molecular flexibility index (Phi) is 5.65. The number of anilines is 1. The number of rotatable bonds is 6. The lowest BCUT2D eigenvalue weighted by atomic mass is 9.87. The van der Waals surface area contributed by atoms with Gasteiger partial charge >= 0.3 is 0 Å². The molecule has 21 heavy (non-hydrogen) atoms. The Balaban J connectivity index is 2.00. The second kappa shape index (κ2) is 7.27. The average Bonchev–Trinajstić information content (AvgIpc) is 2.48. The maximum absolute atomic E-state index is 12.3. The molecule has 2 rings (SSSR count). The molecule has 1 aromatic carbocycles. The third-order valence-electron chi connectivity index (χ3n) is 4.24. The topological polar surface area (TPSA) is 49.4 Å². The van der Waals surface area contributed by atoms with Gasteiger partial charge in [-0.05, 0) is 24.5 Å². The molecule has 1 fully saturated rings. The maximum atomic E-state index is 12.3. The summed E-state index contributed by atoms with van der Waals surface area (Å²) in [5.41, 5.74) is 0.710. The molecule has 0 radical (unpaired) electrons. The van der Waals surface area contributed by atoms with E-state index in [2.05, 4.69) is 5.32 Å². The maximum Gasteiger partial charge on any atom is 0.244 e. The minimum Gasteiger partial charge on any atom is -0.384 e. The van der Waals surface area contributed by atoms with Gasteiger partial charge in [-0.25, -0.2) is 12.7 Å². The van der Waals surface area contributed by atoms with Crippen LogP contribution in [0.1, 0.15) is 38.5 Å². The standard InChI is InChI=1S/C16H26N2O2S/c1-18(2)21(19,20)16-11-7-6-10-15(16)17-13-12-14-8-4-3-5-9-14/h6-7,10-11,14,17H,3-5,8-9,12-13H2,1-2H3. The molecule has 5 heteroatoms. The Morgan fingerprint density at radius 1 is 1.14 bits per heavy atom. The zero-order valence-corrected chi connectivity index (χ0v) is 13.8. The molecule has 4 nitrogen and oxygen atoms in total. The lowest BCUT2D eigenvalue weighted by molar-refractivity contribution is 0.345. The highest BCUT2D eigenvalue weighted by atomic mass is 32.2. The van der Waals surface area contributed by atoms with E-state index >= 15 is 0 Å². The number of sulfonamides is 1. The smallest absolute Gasteiger partial charge is 0.244 e. The predicted molar refractivity (Wildman–Crippen MR) is 87.0 cm³/mol. The van der Waals surface area contributed by atoms with Gasteiger partial charge in [0.05, 0.1) is 5.69 Å². The van der Waals surface area contributed by atoms with Crippen molar-refractivity contribution in [2.45, 2.75) is 43.4 Å². The molecule has 118 valence electrons. The minimum atomic E-state index is -3.39. The van der Waals surface area contributed by atoms with Crippen LogP contribution in [0.5, 0.6) is 0 Å². The van der Waals surface area contributed by atoms with Crippen molar-refractivity contribution in [2.24, 2.45) is 5.92 Å². The summed E-state index contributed by atoms with van der Waals surface area (Å²) in [4.78, 5) is 0.360. The highest BCUT2D eigenvalue weighted by molar-refractivity contribution is 7.89. The molecule has 0 heterocycles. The fourth-order valence-electron chi connectivity index (χ4n) is 2.92. The summed E-state index contributed by atoms with van der Waals surface area (Å²) in [6.45, 7) is 0.838. The molecular weight excluding hydrogens is 284 g/mol. The SMILES string of the molecule is CN(C)S(=O)(=O)c1ccccc1NCCC1CCCCC1. The summed E-state index contributed by atoms with van der Waals surface area (Å²) >= 11 is 0. The van der Waals surface area contributed by atoms with Crippen molar-refractivity contribution in [3.63, 3.8) is 0 Å². The van der Waals surface area contributed by atoms with E-state index in [1.54, 1.807) is 26.2 Å². The molecular formula is C16H26N2O2S. The molecule has 0 bridgehead atoms. The molecule has 1 N–H and O–H groups in total. The largest absolute Gasteiger partial charge is 0.384 e. The highest BCUT2D eigenvalue weighted by Gasteiger charge is 2.21. The monoisotopic (exact) mass is 310 g/mol. The van der Waals surface area contributed by atoms with Crippen molar-refractivity contribution >= 4 is 15.7 Å².